The van der Waals surface area contributed by atoms with Crippen LogP contribution in [0.15, 0.2) is 0 Å². The number of nitrogens with zero attached hydrogens (tertiary/aromatic N) is 1. The molecule has 3 saturated heterocycles. The number of piperidine rings is 1. The van der Waals surface area contributed by atoms with Gasteiger partial charge in [0.15, 0.2) is 6.29 Å². The van der Waals surface area contributed by atoms with E-state index in [9.17, 15) is 4.79 Å². The first kappa shape index (κ1) is 15.3. The zero-order chi connectivity index (χ0) is 14.5. The molecule has 0 bridgehead atoms. The molecule has 120 valence electrons. The molecule has 5 nitrogen and oxygen atoms in total. The first-order valence-corrected chi connectivity index (χ1v) is 8.57. The van der Waals surface area contributed by atoms with Crippen LogP contribution >= 0.6 is 0 Å². The summed E-state index contributed by atoms with van der Waals surface area (Å²) in [6.45, 7) is 4.55. The Morgan fingerprint density at radius 2 is 2.14 bits per heavy atom. The first-order chi connectivity index (χ1) is 10.3. The minimum atomic E-state index is 0.0108. The third kappa shape index (κ3) is 4.18. The number of likely N-dealkylation sites (tertiary alicyclic amines) is 1. The highest BCUT2D eigenvalue weighted by molar-refractivity contribution is 5.78. The molecule has 3 aliphatic rings. The molecule has 0 radical (unpaired) electrons. The normalized spacial score (nSPS) is 34.9. The van der Waals surface area contributed by atoms with Gasteiger partial charge >= 0.3 is 0 Å². The van der Waals surface area contributed by atoms with Crippen LogP contribution in [0.25, 0.3) is 0 Å². The molecule has 0 aromatic heterocycles. The topological polar surface area (TPSA) is 50.8 Å². The summed E-state index contributed by atoms with van der Waals surface area (Å²) in [6, 6.07) is 0.550. The number of ether oxygens (including phenoxy) is 2. The van der Waals surface area contributed by atoms with Crippen molar-refractivity contribution in [1.29, 1.82) is 0 Å². The molecule has 0 spiro atoms. The van der Waals surface area contributed by atoms with Crippen LogP contribution in [-0.2, 0) is 14.3 Å². The Bertz CT molecular complexity index is 344. The van der Waals surface area contributed by atoms with Gasteiger partial charge in [0.2, 0.25) is 5.91 Å². The van der Waals surface area contributed by atoms with Gasteiger partial charge in [0.05, 0.1) is 6.61 Å². The Morgan fingerprint density at radius 3 is 2.90 bits per heavy atom. The lowest BCUT2D eigenvalue weighted by Crippen LogP contribution is -2.46. The second-order valence-corrected chi connectivity index (χ2v) is 6.53. The van der Waals surface area contributed by atoms with E-state index in [2.05, 4.69) is 10.2 Å². The summed E-state index contributed by atoms with van der Waals surface area (Å²) in [5.41, 5.74) is 0. The Morgan fingerprint density at radius 1 is 1.24 bits per heavy atom. The minimum Gasteiger partial charge on any atom is -0.356 e. The molecular formula is C16H28N2O3. The Kier molecular flexibility index (Phi) is 5.49. The van der Waals surface area contributed by atoms with Gasteiger partial charge in [-0.05, 0) is 38.6 Å². The largest absolute Gasteiger partial charge is 0.356 e. The van der Waals surface area contributed by atoms with Gasteiger partial charge in [0, 0.05) is 38.1 Å². The standard InChI is InChI=1S/C16H28N2O3/c19-15-11-13(12-17-15)14-5-1-3-7-18(14)8-10-21-16-6-2-4-9-20-16/h13-14,16H,1-12H2,(H,17,19)/t13-,14+,16+/m0/s1. The highest BCUT2D eigenvalue weighted by Crippen LogP contribution is 2.27. The summed E-state index contributed by atoms with van der Waals surface area (Å²) in [5.74, 6) is 0.709. The number of carbonyl (C=O) groups excluding carboxylic acids is 1. The maximum Gasteiger partial charge on any atom is 0.220 e. The Hall–Kier alpha value is -0.650. The summed E-state index contributed by atoms with van der Waals surface area (Å²) in [6.07, 6.45) is 7.90. The molecular weight excluding hydrogens is 268 g/mol. The van der Waals surface area contributed by atoms with Gasteiger partial charge in [0.1, 0.15) is 0 Å². The van der Waals surface area contributed by atoms with Crippen molar-refractivity contribution in [3.63, 3.8) is 0 Å². The molecule has 0 unspecified atom stereocenters. The molecule has 3 atom stereocenters. The van der Waals surface area contributed by atoms with E-state index in [1.165, 1.54) is 25.7 Å². The summed E-state index contributed by atoms with van der Waals surface area (Å²) < 4.78 is 11.5. The van der Waals surface area contributed by atoms with E-state index in [4.69, 9.17) is 9.47 Å². The number of hydrogen-bond acceptors (Lipinski definition) is 4. The smallest absolute Gasteiger partial charge is 0.220 e. The summed E-state index contributed by atoms with van der Waals surface area (Å²) >= 11 is 0. The molecule has 3 rings (SSSR count). The van der Waals surface area contributed by atoms with Gasteiger partial charge in [-0.2, -0.15) is 0 Å². The van der Waals surface area contributed by atoms with Gasteiger partial charge in [0.25, 0.3) is 0 Å². The van der Waals surface area contributed by atoms with Crippen LogP contribution in [0.5, 0.6) is 0 Å². The number of carbonyl (C=O) groups is 1. The lowest BCUT2D eigenvalue weighted by Gasteiger charge is -2.39. The van der Waals surface area contributed by atoms with Crippen molar-refractivity contribution in [2.24, 2.45) is 5.92 Å². The van der Waals surface area contributed by atoms with Crippen molar-refractivity contribution in [3.8, 4) is 0 Å². The van der Waals surface area contributed by atoms with Crippen LogP contribution in [0.3, 0.4) is 0 Å². The minimum absolute atomic E-state index is 0.0108. The molecule has 0 saturated carbocycles. The predicted molar refractivity (Wildman–Crippen MR) is 79.9 cm³/mol. The van der Waals surface area contributed by atoms with Crippen molar-refractivity contribution in [2.45, 2.75) is 57.3 Å². The SMILES string of the molecule is O=C1C[C@H]([C@H]2CCCCN2CCO[C@@H]2CCCCO2)CN1. The summed E-state index contributed by atoms with van der Waals surface area (Å²) in [7, 11) is 0. The molecule has 3 aliphatic heterocycles. The fourth-order valence-electron chi connectivity index (χ4n) is 3.87. The van der Waals surface area contributed by atoms with Crippen LogP contribution in [0.1, 0.15) is 44.9 Å². The molecule has 0 aromatic rings. The van der Waals surface area contributed by atoms with Crippen LogP contribution in [0.2, 0.25) is 0 Å². The highest BCUT2D eigenvalue weighted by Gasteiger charge is 2.34. The number of nitrogens with one attached hydrogen (secondary N) is 1. The lowest BCUT2D eigenvalue weighted by molar-refractivity contribution is -0.165. The molecule has 3 heterocycles. The zero-order valence-corrected chi connectivity index (χ0v) is 12.9. The van der Waals surface area contributed by atoms with Gasteiger partial charge in [-0.15, -0.1) is 0 Å². The number of amides is 1. The van der Waals surface area contributed by atoms with E-state index < -0.39 is 0 Å². The van der Waals surface area contributed by atoms with E-state index in [1.54, 1.807) is 0 Å². The molecule has 5 heteroatoms. The average molecular weight is 296 g/mol. The second kappa shape index (κ2) is 7.56. The van der Waals surface area contributed by atoms with E-state index in [0.29, 0.717) is 18.4 Å². The van der Waals surface area contributed by atoms with Crippen molar-refractivity contribution in [3.05, 3.63) is 0 Å². The van der Waals surface area contributed by atoms with Gasteiger partial charge in [-0.25, -0.2) is 0 Å². The molecule has 21 heavy (non-hydrogen) atoms. The Labute approximate surface area is 127 Å². The molecule has 1 amide bonds. The van der Waals surface area contributed by atoms with Gasteiger partial charge in [-0.1, -0.05) is 6.42 Å². The Balaban J connectivity index is 1.44. The van der Waals surface area contributed by atoms with E-state index in [-0.39, 0.29) is 12.2 Å². The molecule has 0 aliphatic carbocycles. The van der Waals surface area contributed by atoms with Crippen molar-refractivity contribution in [1.82, 2.24) is 10.2 Å². The average Bonchev–Trinajstić information content (AvgIpc) is 2.95. The maximum absolute atomic E-state index is 11.5. The van der Waals surface area contributed by atoms with Crippen LogP contribution in [0, 0.1) is 5.92 Å². The monoisotopic (exact) mass is 296 g/mol. The van der Waals surface area contributed by atoms with Crippen LogP contribution in [0.4, 0.5) is 0 Å². The summed E-state index contributed by atoms with van der Waals surface area (Å²) in [4.78, 5) is 14.0. The quantitative estimate of drug-likeness (QED) is 0.836. The fraction of sp³-hybridized carbons (Fsp3) is 0.938. The van der Waals surface area contributed by atoms with Crippen LogP contribution in [-0.4, -0.2) is 56.0 Å². The molecule has 3 fully saturated rings. The predicted octanol–water partition coefficient (Wildman–Crippen LogP) is 1.52. The molecule has 1 N–H and O–H groups in total. The van der Waals surface area contributed by atoms with E-state index in [1.807, 2.05) is 0 Å². The lowest BCUT2D eigenvalue weighted by atomic mass is 9.89. The van der Waals surface area contributed by atoms with Crippen molar-refractivity contribution in [2.75, 3.05) is 32.8 Å². The van der Waals surface area contributed by atoms with Crippen molar-refractivity contribution >= 4 is 5.91 Å². The van der Waals surface area contributed by atoms with Crippen molar-refractivity contribution < 1.29 is 14.3 Å². The van der Waals surface area contributed by atoms with Crippen LogP contribution < -0.4 is 5.32 Å². The zero-order valence-electron chi connectivity index (χ0n) is 12.9. The van der Waals surface area contributed by atoms with Gasteiger partial charge < -0.3 is 14.8 Å². The fourth-order valence-corrected chi connectivity index (χ4v) is 3.87. The maximum atomic E-state index is 11.5. The summed E-state index contributed by atoms with van der Waals surface area (Å²) in [5, 5.41) is 2.98. The number of hydrogen-bond donors (Lipinski definition) is 1. The molecule has 0 aromatic carbocycles. The van der Waals surface area contributed by atoms with Gasteiger partial charge in [-0.3, -0.25) is 9.69 Å². The number of rotatable bonds is 5. The van der Waals surface area contributed by atoms with E-state index >= 15 is 0 Å². The first-order valence-electron chi connectivity index (χ1n) is 8.57. The highest BCUT2D eigenvalue weighted by atomic mass is 16.7. The third-order valence-electron chi connectivity index (χ3n) is 5.04. The second-order valence-electron chi connectivity index (χ2n) is 6.53. The van der Waals surface area contributed by atoms with E-state index in [0.717, 1.165) is 45.7 Å². The third-order valence-corrected chi connectivity index (χ3v) is 5.04.